The molecule has 1 N–H and O–H groups in total. The second kappa shape index (κ2) is 3.79. The van der Waals surface area contributed by atoms with E-state index in [2.05, 4.69) is 19.2 Å². The molecule has 1 unspecified atom stereocenters. The average Bonchev–Trinajstić information content (AvgIpc) is 2.47. The Kier molecular flexibility index (Phi) is 2.66. The second-order valence-electron chi connectivity index (χ2n) is 3.87. The van der Waals surface area contributed by atoms with Crippen molar-refractivity contribution in [2.75, 3.05) is 6.61 Å². The smallest absolute Gasteiger partial charge is 0.125 e. The van der Waals surface area contributed by atoms with E-state index in [1.54, 1.807) is 0 Å². The first-order valence-corrected chi connectivity index (χ1v) is 5.23. The molecule has 0 radical (unpaired) electrons. The number of fused-ring (bicyclic) bond motifs is 1. The lowest BCUT2D eigenvalue weighted by molar-refractivity contribution is 0.303. The number of nitrogens with one attached hydrogen (secondary N) is 1. The van der Waals surface area contributed by atoms with Crippen molar-refractivity contribution in [2.24, 2.45) is 0 Å². The Bertz CT molecular complexity index is 338. The minimum absolute atomic E-state index is 0.308. The van der Waals surface area contributed by atoms with Crippen LogP contribution in [-0.2, 0) is 0 Å². The zero-order chi connectivity index (χ0) is 10.1. The lowest BCUT2D eigenvalue weighted by Crippen LogP contribution is -2.28. The van der Waals surface area contributed by atoms with Gasteiger partial charge in [0.2, 0.25) is 0 Å². The van der Waals surface area contributed by atoms with Gasteiger partial charge in [-0.1, -0.05) is 31.5 Å². The maximum absolute atomic E-state index is 5.88. The number of hydrogen-bond donors (Lipinski definition) is 1. The van der Waals surface area contributed by atoms with E-state index < -0.39 is 0 Å². The van der Waals surface area contributed by atoms with Crippen molar-refractivity contribution in [3.63, 3.8) is 0 Å². The molecule has 1 aliphatic heterocycles. The molecule has 1 aromatic carbocycles. The summed E-state index contributed by atoms with van der Waals surface area (Å²) in [6.45, 7) is 4.97. The number of halogens is 1. The van der Waals surface area contributed by atoms with Crippen LogP contribution in [0.3, 0.4) is 0 Å². The van der Waals surface area contributed by atoms with Gasteiger partial charge in [0.15, 0.2) is 0 Å². The summed E-state index contributed by atoms with van der Waals surface area (Å²) in [5, 5.41) is 4.18. The molecule has 2 rings (SSSR count). The Morgan fingerprint density at radius 2 is 2.29 bits per heavy atom. The Balaban J connectivity index is 2.22. The third-order valence-electron chi connectivity index (χ3n) is 2.29. The van der Waals surface area contributed by atoms with Gasteiger partial charge < -0.3 is 10.1 Å². The van der Waals surface area contributed by atoms with Crippen molar-refractivity contribution < 1.29 is 4.74 Å². The Labute approximate surface area is 89.2 Å². The van der Waals surface area contributed by atoms with Crippen LogP contribution in [0, 0.1) is 0 Å². The maximum Gasteiger partial charge on any atom is 0.125 e. The maximum atomic E-state index is 5.88. The molecular formula is C11H14ClNO. The van der Waals surface area contributed by atoms with Crippen LogP contribution >= 0.6 is 11.6 Å². The molecular weight excluding hydrogens is 198 g/mol. The molecule has 0 spiro atoms. The molecule has 0 aromatic heterocycles. The van der Waals surface area contributed by atoms with Crippen molar-refractivity contribution in [3.05, 3.63) is 28.8 Å². The lowest BCUT2D eigenvalue weighted by Gasteiger charge is -2.14. The van der Waals surface area contributed by atoms with Crippen LogP contribution in [0.25, 0.3) is 0 Å². The van der Waals surface area contributed by atoms with E-state index in [4.69, 9.17) is 16.3 Å². The molecule has 14 heavy (non-hydrogen) atoms. The largest absolute Gasteiger partial charge is 0.491 e. The van der Waals surface area contributed by atoms with Crippen LogP contribution in [0.15, 0.2) is 18.2 Å². The number of rotatable bonds is 2. The highest BCUT2D eigenvalue weighted by Crippen LogP contribution is 2.34. The van der Waals surface area contributed by atoms with E-state index in [-0.39, 0.29) is 0 Å². The van der Waals surface area contributed by atoms with Gasteiger partial charge in [0, 0.05) is 16.6 Å². The van der Waals surface area contributed by atoms with E-state index in [9.17, 15) is 0 Å². The van der Waals surface area contributed by atoms with Crippen molar-refractivity contribution in [3.8, 4) is 5.75 Å². The van der Waals surface area contributed by atoms with Crippen molar-refractivity contribution in [1.82, 2.24) is 5.32 Å². The molecule has 1 atom stereocenters. The van der Waals surface area contributed by atoms with Gasteiger partial charge in [0.05, 0.1) is 6.04 Å². The van der Waals surface area contributed by atoms with Gasteiger partial charge in [-0.2, -0.15) is 0 Å². The average molecular weight is 212 g/mol. The molecule has 0 saturated heterocycles. The van der Waals surface area contributed by atoms with E-state index >= 15 is 0 Å². The van der Waals surface area contributed by atoms with Gasteiger partial charge in [0.1, 0.15) is 12.4 Å². The van der Waals surface area contributed by atoms with Crippen molar-refractivity contribution in [2.45, 2.75) is 25.9 Å². The topological polar surface area (TPSA) is 21.3 Å². The monoisotopic (exact) mass is 211 g/mol. The fraction of sp³-hybridized carbons (Fsp3) is 0.455. The van der Waals surface area contributed by atoms with Crippen molar-refractivity contribution >= 4 is 11.6 Å². The molecule has 1 aliphatic rings. The second-order valence-corrected chi connectivity index (χ2v) is 4.30. The predicted molar refractivity (Wildman–Crippen MR) is 58.0 cm³/mol. The Morgan fingerprint density at radius 3 is 3.00 bits per heavy atom. The van der Waals surface area contributed by atoms with E-state index in [0.29, 0.717) is 18.7 Å². The lowest BCUT2D eigenvalue weighted by atomic mass is 10.1. The molecule has 3 heteroatoms. The van der Waals surface area contributed by atoms with Gasteiger partial charge in [0.25, 0.3) is 0 Å². The Hall–Kier alpha value is -0.730. The van der Waals surface area contributed by atoms with Gasteiger partial charge >= 0.3 is 0 Å². The summed E-state index contributed by atoms with van der Waals surface area (Å²) >= 11 is 5.88. The normalized spacial score (nSPS) is 19.6. The first-order chi connectivity index (χ1) is 6.66. The van der Waals surface area contributed by atoms with Crippen LogP contribution in [-0.4, -0.2) is 12.6 Å². The van der Waals surface area contributed by atoms with Crippen LogP contribution in [0.2, 0.25) is 5.02 Å². The molecule has 76 valence electrons. The van der Waals surface area contributed by atoms with Crippen LogP contribution < -0.4 is 10.1 Å². The van der Waals surface area contributed by atoms with Gasteiger partial charge in [-0.3, -0.25) is 0 Å². The Morgan fingerprint density at radius 1 is 1.50 bits per heavy atom. The molecule has 1 aromatic rings. The highest BCUT2D eigenvalue weighted by atomic mass is 35.5. The zero-order valence-electron chi connectivity index (χ0n) is 8.38. The van der Waals surface area contributed by atoms with Crippen molar-refractivity contribution in [1.29, 1.82) is 0 Å². The summed E-state index contributed by atoms with van der Waals surface area (Å²) in [5.41, 5.74) is 1.21. The molecule has 0 aliphatic carbocycles. The quantitative estimate of drug-likeness (QED) is 0.813. The summed E-state index contributed by atoms with van der Waals surface area (Å²) < 4.78 is 5.55. The number of hydrogen-bond acceptors (Lipinski definition) is 2. The van der Waals surface area contributed by atoms with E-state index in [1.807, 2.05) is 18.2 Å². The SMILES string of the molecule is CC(C)NC1COc2cc(Cl)ccc21. The summed E-state index contributed by atoms with van der Waals surface area (Å²) in [7, 11) is 0. The molecule has 0 amide bonds. The van der Waals surface area contributed by atoms with E-state index in [1.165, 1.54) is 5.56 Å². The fourth-order valence-corrected chi connectivity index (χ4v) is 1.89. The van der Waals surface area contributed by atoms with Gasteiger partial charge in [-0.05, 0) is 12.1 Å². The fourth-order valence-electron chi connectivity index (χ4n) is 1.72. The van der Waals surface area contributed by atoms with Crippen LogP contribution in [0.5, 0.6) is 5.75 Å². The standard InChI is InChI=1S/C11H14ClNO/c1-7(2)13-10-6-14-11-5-8(12)3-4-9(10)11/h3-5,7,10,13H,6H2,1-2H3. The summed E-state index contributed by atoms with van der Waals surface area (Å²) in [4.78, 5) is 0. The van der Waals surface area contributed by atoms with Gasteiger partial charge in [-0.15, -0.1) is 0 Å². The minimum Gasteiger partial charge on any atom is -0.491 e. The number of ether oxygens (including phenoxy) is 1. The van der Waals surface area contributed by atoms with Crippen LogP contribution in [0.4, 0.5) is 0 Å². The molecule has 0 fully saturated rings. The summed E-state index contributed by atoms with van der Waals surface area (Å²) in [6, 6.07) is 6.58. The molecule has 2 nitrogen and oxygen atoms in total. The molecule has 1 heterocycles. The highest BCUT2D eigenvalue weighted by Gasteiger charge is 2.24. The number of benzene rings is 1. The summed E-state index contributed by atoms with van der Waals surface area (Å²) in [6.07, 6.45) is 0. The molecule has 0 saturated carbocycles. The van der Waals surface area contributed by atoms with E-state index in [0.717, 1.165) is 10.8 Å². The minimum atomic E-state index is 0.308. The van der Waals surface area contributed by atoms with Gasteiger partial charge in [-0.25, -0.2) is 0 Å². The highest BCUT2D eigenvalue weighted by molar-refractivity contribution is 6.30. The third-order valence-corrected chi connectivity index (χ3v) is 2.53. The molecule has 0 bridgehead atoms. The predicted octanol–water partition coefficient (Wildman–Crippen LogP) is 2.77. The summed E-state index contributed by atoms with van der Waals surface area (Å²) in [5.74, 6) is 0.913. The third kappa shape index (κ3) is 1.86. The first kappa shape index (κ1) is 9.81. The first-order valence-electron chi connectivity index (χ1n) is 4.85. The zero-order valence-corrected chi connectivity index (χ0v) is 9.14. The van der Waals surface area contributed by atoms with Crippen LogP contribution in [0.1, 0.15) is 25.5 Å².